The van der Waals surface area contributed by atoms with E-state index in [2.05, 4.69) is 57.0 Å². The maximum atomic E-state index is 9.27. The molecular weight excluding hydrogens is 222 g/mol. The summed E-state index contributed by atoms with van der Waals surface area (Å²) in [6.07, 6.45) is 0.618. The van der Waals surface area contributed by atoms with Crippen LogP contribution in [0.5, 0.6) is 0 Å². The van der Waals surface area contributed by atoms with Crippen molar-refractivity contribution in [1.29, 1.82) is 0 Å². The van der Waals surface area contributed by atoms with E-state index in [0.717, 1.165) is 19.5 Å². The molecule has 0 bridgehead atoms. The zero-order chi connectivity index (χ0) is 13.8. The quantitative estimate of drug-likeness (QED) is 0.866. The van der Waals surface area contributed by atoms with Gasteiger partial charge < -0.3 is 10.0 Å². The molecule has 0 aliphatic rings. The first-order valence-electron chi connectivity index (χ1n) is 6.75. The lowest BCUT2D eigenvalue weighted by Crippen LogP contribution is -2.22. The van der Waals surface area contributed by atoms with Crippen LogP contribution in [0.2, 0.25) is 0 Å². The van der Waals surface area contributed by atoms with Gasteiger partial charge in [-0.3, -0.25) is 0 Å². The molecule has 0 saturated heterocycles. The van der Waals surface area contributed by atoms with Crippen LogP contribution >= 0.6 is 0 Å². The molecule has 0 aliphatic heterocycles. The number of hydrogen-bond donors (Lipinski definition) is 1. The SMILES string of the molecule is CC(O)CCN(C)Cc1ccc(C(C)(C)C)cc1. The van der Waals surface area contributed by atoms with Crippen LogP contribution in [-0.2, 0) is 12.0 Å². The zero-order valence-electron chi connectivity index (χ0n) is 12.4. The van der Waals surface area contributed by atoms with Crippen molar-refractivity contribution in [3.63, 3.8) is 0 Å². The predicted octanol–water partition coefficient (Wildman–Crippen LogP) is 3.19. The van der Waals surface area contributed by atoms with E-state index in [1.165, 1.54) is 11.1 Å². The normalized spacial score (nSPS) is 13.9. The van der Waals surface area contributed by atoms with Crippen molar-refractivity contribution in [1.82, 2.24) is 4.90 Å². The first-order chi connectivity index (χ1) is 8.29. The van der Waals surface area contributed by atoms with Gasteiger partial charge in [0.2, 0.25) is 0 Å². The first-order valence-corrected chi connectivity index (χ1v) is 6.75. The van der Waals surface area contributed by atoms with Gasteiger partial charge in [0.05, 0.1) is 6.10 Å². The predicted molar refractivity (Wildman–Crippen MR) is 77.8 cm³/mol. The maximum Gasteiger partial charge on any atom is 0.0524 e. The molecule has 2 heteroatoms. The fourth-order valence-corrected chi connectivity index (χ4v) is 1.91. The van der Waals surface area contributed by atoms with Gasteiger partial charge in [0.15, 0.2) is 0 Å². The molecule has 1 rings (SSSR count). The zero-order valence-corrected chi connectivity index (χ0v) is 12.4. The highest BCUT2D eigenvalue weighted by Crippen LogP contribution is 2.22. The van der Waals surface area contributed by atoms with Gasteiger partial charge in [-0.05, 0) is 36.9 Å². The van der Waals surface area contributed by atoms with Crippen LogP contribution < -0.4 is 0 Å². The van der Waals surface area contributed by atoms with E-state index in [1.54, 1.807) is 0 Å². The van der Waals surface area contributed by atoms with E-state index < -0.39 is 0 Å². The summed E-state index contributed by atoms with van der Waals surface area (Å²) in [7, 11) is 2.10. The largest absolute Gasteiger partial charge is 0.393 e. The smallest absolute Gasteiger partial charge is 0.0524 e. The Labute approximate surface area is 112 Å². The second-order valence-corrected chi connectivity index (χ2v) is 6.32. The van der Waals surface area contributed by atoms with E-state index in [0.29, 0.717) is 0 Å². The Balaban J connectivity index is 2.53. The number of hydrogen-bond acceptors (Lipinski definition) is 2. The minimum Gasteiger partial charge on any atom is -0.393 e. The van der Waals surface area contributed by atoms with Crippen LogP contribution in [0.1, 0.15) is 45.2 Å². The van der Waals surface area contributed by atoms with Gasteiger partial charge >= 0.3 is 0 Å². The molecule has 0 spiro atoms. The van der Waals surface area contributed by atoms with Crippen molar-refractivity contribution in [3.05, 3.63) is 35.4 Å². The third-order valence-electron chi connectivity index (χ3n) is 3.20. The maximum absolute atomic E-state index is 9.27. The van der Waals surface area contributed by atoms with Crippen molar-refractivity contribution in [2.75, 3.05) is 13.6 Å². The van der Waals surface area contributed by atoms with Gasteiger partial charge in [0, 0.05) is 13.1 Å². The summed E-state index contributed by atoms with van der Waals surface area (Å²) in [5, 5.41) is 9.27. The molecule has 102 valence electrons. The Bertz CT molecular complexity index is 348. The topological polar surface area (TPSA) is 23.5 Å². The molecule has 0 aromatic heterocycles. The van der Waals surface area contributed by atoms with E-state index >= 15 is 0 Å². The van der Waals surface area contributed by atoms with Gasteiger partial charge in [-0.2, -0.15) is 0 Å². The summed E-state index contributed by atoms with van der Waals surface area (Å²) in [5.41, 5.74) is 2.92. The molecular formula is C16H27NO. The second kappa shape index (κ2) is 6.35. The molecule has 18 heavy (non-hydrogen) atoms. The van der Waals surface area contributed by atoms with E-state index in [1.807, 2.05) is 6.92 Å². The monoisotopic (exact) mass is 249 g/mol. The summed E-state index contributed by atoms with van der Waals surface area (Å²) in [5.74, 6) is 0. The van der Waals surface area contributed by atoms with Gasteiger partial charge in [-0.25, -0.2) is 0 Å². The molecule has 1 atom stereocenters. The van der Waals surface area contributed by atoms with Crippen molar-refractivity contribution >= 4 is 0 Å². The first kappa shape index (κ1) is 15.2. The highest BCUT2D eigenvalue weighted by molar-refractivity contribution is 5.27. The van der Waals surface area contributed by atoms with E-state index in [-0.39, 0.29) is 11.5 Å². The lowest BCUT2D eigenvalue weighted by atomic mass is 9.87. The van der Waals surface area contributed by atoms with E-state index in [9.17, 15) is 5.11 Å². The van der Waals surface area contributed by atoms with Crippen LogP contribution in [0, 0.1) is 0 Å². The number of aliphatic hydroxyl groups excluding tert-OH is 1. The average Bonchev–Trinajstić information content (AvgIpc) is 2.26. The Kier molecular flexibility index (Phi) is 5.36. The summed E-state index contributed by atoms with van der Waals surface area (Å²) >= 11 is 0. The highest BCUT2D eigenvalue weighted by Gasteiger charge is 2.13. The Hall–Kier alpha value is -0.860. The van der Waals surface area contributed by atoms with Gasteiger partial charge in [-0.15, -0.1) is 0 Å². The lowest BCUT2D eigenvalue weighted by molar-refractivity contribution is 0.163. The fourth-order valence-electron chi connectivity index (χ4n) is 1.91. The highest BCUT2D eigenvalue weighted by atomic mass is 16.3. The third kappa shape index (κ3) is 5.19. The molecule has 0 amide bonds. The number of nitrogens with zero attached hydrogens (tertiary/aromatic N) is 1. The fraction of sp³-hybridized carbons (Fsp3) is 0.625. The molecule has 1 N–H and O–H groups in total. The second-order valence-electron chi connectivity index (χ2n) is 6.32. The van der Waals surface area contributed by atoms with E-state index in [4.69, 9.17) is 0 Å². The number of benzene rings is 1. The van der Waals surface area contributed by atoms with Crippen molar-refractivity contribution < 1.29 is 5.11 Å². The molecule has 0 radical (unpaired) electrons. The summed E-state index contributed by atoms with van der Waals surface area (Å²) in [6.45, 7) is 10.4. The third-order valence-corrected chi connectivity index (χ3v) is 3.20. The molecule has 2 nitrogen and oxygen atoms in total. The van der Waals surface area contributed by atoms with Crippen LogP contribution in [0.4, 0.5) is 0 Å². The van der Waals surface area contributed by atoms with Crippen LogP contribution in [0.3, 0.4) is 0 Å². The molecule has 0 fully saturated rings. The molecule has 1 aromatic carbocycles. The van der Waals surface area contributed by atoms with Gasteiger partial charge in [-0.1, -0.05) is 45.0 Å². The van der Waals surface area contributed by atoms with Gasteiger partial charge in [0.25, 0.3) is 0 Å². The Morgan fingerprint density at radius 3 is 2.17 bits per heavy atom. The number of aliphatic hydroxyl groups is 1. The summed E-state index contributed by atoms with van der Waals surface area (Å²) in [4.78, 5) is 2.25. The summed E-state index contributed by atoms with van der Waals surface area (Å²) < 4.78 is 0. The van der Waals surface area contributed by atoms with Crippen molar-refractivity contribution in [2.24, 2.45) is 0 Å². The molecule has 0 saturated carbocycles. The van der Waals surface area contributed by atoms with Gasteiger partial charge in [0.1, 0.15) is 0 Å². The van der Waals surface area contributed by atoms with Crippen molar-refractivity contribution in [2.45, 2.75) is 52.2 Å². The Morgan fingerprint density at radius 1 is 1.17 bits per heavy atom. The van der Waals surface area contributed by atoms with Crippen molar-refractivity contribution in [3.8, 4) is 0 Å². The Morgan fingerprint density at radius 2 is 1.72 bits per heavy atom. The molecule has 0 aliphatic carbocycles. The molecule has 1 unspecified atom stereocenters. The van der Waals surface area contributed by atoms with Crippen LogP contribution in [-0.4, -0.2) is 29.7 Å². The average molecular weight is 249 g/mol. The van der Waals surface area contributed by atoms with Crippen LogP contribution in [0.15, 0.2) is 24.3 Å². The minimum absolute atomic E-state index is 0.212. The molecule has 0 heterocycles. The summed E-state index contributed by atoms with van der Waals surface area (Å²) in [6, 6.07) is 8.86. The minimum atomic E-state index is -0.212. The lowest BCUT2D eigenvalue weighted by Gasteiger charge is -2.21. The van der Waals surface area contributed by atoms with Crippen LogP contribution in [0.25, 0.3) is 0 Å². The number of rotatable bonds is 5. The molecule has 1 aromatic rings. The standard InChI is InChI=1S/C16H27NO/c1-13(18)10-11-17(5)12-14-6-8-15(9-7-14)16(2,3)4/h6-9,13,18H,10-12H2,1-5H3.